The van der Waals surface area contributed by atoms with Gasteiger partial charge in [-0.15, -0.1) is 0 Å². The third-order valence-corrected chi connectivity index (χ3v) is 7.45. The Morgan fingerprint density at radius 3 is 2.33 bits per heavy atom. The molecule has 0 bridgehead atoms. The molecule has 2 heterocycles. The molecule has 3 aromatic carbocycles. The summed E-state index contributed by atoms with van der Waals surface area (Å²) >= 11 is 17.0. The van der Waals surface area contributed by atoms with Gasteiger partial charge in [0.2, 0.25) is 0 Å². The second-order valence-corrected chi connectivity index (χ2v) is 9.60. The van der Waals surface area contributed by atoms with Crippen LogP contribution in [0.4, 0.5) is 0 Å². The first kappa shape index (κ1) is 22.5. The van der Waals surface area contributed by atoms with Crippen LogP contribution in [0.5, 0.6) is 0 Å². The Morgan fingerprint density at radius 2 is 1.58 bits per heavy atom. The summed E-state index contributed by atoms with van der Waals surface area (Å²) in [5, 5.41) is 4.07. The number of rotatable bonds is 4. The van der Waals surface area contributed by atoms with Crippen molar-refractivity contribution in [3.8, 4) is 0 Å². The van der Waals surface area contributed by atoms with Crippen LogP contribution in [-0.2, 0) is 33.7 Å². The van der Waals surface area contributed by atoms with E-state index < -0.39 is 5.63 Å². The number of nitrogens with zero attached hydrogens (tertiary/aromatic N) is 2. The predicted octanol–water partition coefficient (Wildman–Crippen LogP) is 6.65. The summed E-state index contributed by atoms with van der Waals surface area (Å²) in [6.07, 6.45) is 0. The van der Waals surface area contributed by atoms with Crippen LogP contribution in [0.1, 0.15) is 22.3 Å². The molecule has 33 heavy (non-hydrogen) atoms. The van der Waals surface area contributed by atoms with Gasteiger partial charge in [0.1, 0.15) is 0 Å². The molecule has 0 saturated carbocycles. The second kappa shape index (κ2) is 8.79. The van der Waals surface area contributed by atoms with E-state index in [9.17, 15) is 4.79 Å². The van der Waals surface area contributed by atoms with Gasteiger partial charge in [-0.2, -0.15) is 0 Å². The van der Waals surface area contributed by atoms with E-state index in [2.05, 4.69) is 50.9 Å². The number of fused-ring (bicyclic) bond motifs is 2. The third kappa shape index (κ3) is 4.18. The van der Waals surface area contributed by atoms with Crippen molar-refractivity contribution < 1.29 is 25.0 Å². The van der Waals surface area contributed by atoms with Crippen molar-refractivity contribution in [3.63, 3.8) is 0 Å². The SMILES string of the molecule is Cc1cc(C)c2oc(=O)cc(Cn3c(Cl)c(Cl)n(Cc4ccc5ccccc5c4)[c]3=[Ag])c2c1. The number of hydrogen-bond acceptors (Lipinski definition) is 2. The van der Waals surface area contributed by atoms with Crippen LogP contribution < -0.4 is 5.63 Å². The predicted molar refractivity (Wildman–Crippen MR) is 130 cm³/mol. The summed E-state index contributed by atoms with van der Waals surface area (Å²) in [4.78, 5) is 12.3. The Labute approximate surface area is 212 Å². The molecule has 0 aliphatic rings. The molecule has 0 unspecified atom stereocenters. The van der Waals surface area contributed by atoms with Gasteiger partial charge in [-0.05, 0) is 0 Å². The van der Waals surface area contributed by atoms with Gasteiger partial charge in [-0.1, -0.05) is 0 Å². The van der Waals surface area contributed by atoms with Crippen LogP contribution in [0.3, 0.4) is 0 Å². The van der Waals surface area contributed by atoms with E-state index >= 15 is 0 Å². The Bertz CT molecular complexity index is 1660. The number of imidazole rings is 1. The van der Waals surface area contributed by atoms with Crippen molar-refractivity contribution in [1.29, 1.82) is 0 Å². The number of aromatic nitrogens is 2. The van der Waals surface area contributed by atoms with Crippen LogP contribution in [0.15, 0.2) is 69.9 Å². The van der Waals surface area contributed by atoms with Crippen molar-refractivity contribution in [3.05, 3.63) is 107 Å². The maximum atomic E-state index is 12.3. The fourth-order valence-corrected chi connectivity index (χ4v) is 5.50. The molecular weight excluding hydrogens is 551 g/mol. The summed E-state index contributed by atoms with van der Waals surface area (Å²) in [6, 6.07) is 20.1. The van der Waals surface area contributed by atoms with Crippen molar-refractivity contribution in [2.75, 3.05) is 0 Å². The first-order valence-corrected chi connectivity index (χ1v) is 11.9. The first-order valence-electron chi connectivity index (χ1n) is 10.4. The van der Waals surface area contributed by atoms with Gasteiger partial charge >= 0.3 is 213 Å². The molecule has 7 heteroatoms. The molecule has 0 saturated heterocycles. The topological polar surface area (TPSA) is 40.1 Å². The van der Waals surface area contributed by atoms with E-state index in [-0.39, 0.29) is 0 Å². The van der Waals surface area contributed by atoms with E-state index in [1.54, 1.807) is 0 Å². The van der Waals surface area contributed by atoms with E-state index in [0.717, 1.165) is 27.6 Å². The molecule has 0 aliphatic heterocycles. The molecule has 0 N–H and O–H groups in total. The molecular formula is C26H20AgCl2N2O2. The molecule has 0 aliphatic carbocycles. The van der Waals surface area contributed by atoms with Gasteiger partial charge in [0.05, 0.1) is 0 Å². The zero-order valence-corrected chi connectivity index (χ0v) is 21.0. The first-order chi connectivity index (χ1) is 15.8. The number of benzene rings is 3. The van der Waals surface area contributed by atoms with Crippen LogP contribution in [0.2, 0.25) is 10.3 Å². The van der Waals surface area contributed by atoms with Crippen LogP contribution in [0, 0.1) is 17.5 Å². The Kier molecular flexibility index (Phi) is 5.98. The summed E-state index contributed by atoms with van der Waals surface area (Å²) < 4.78 is 9.98. The van der Waals surface area contributed by atoms with Crippen molar-refractivity contribution in [1.82, 2.24) is 9.13 Å². The van der Waals surface area contributed by atoms with Gasteiger partial charge in [0.25, 0.3) is 0 Å². The summed E-state index contributed by atoms with van der Waals surface area (Å²) in [6.45, 7) is 4.88. The van der Waals surface area contributed by atoms with Gasteiger partial charge in [0.15, 0.2) is 0 Å². The average molecular weight is 571 g/mol. The number of halogens is 2. The van der Waals surface area contributed by atoms with Crippen molar-refractivity contribution in [2.45, 2.75) is 26.9 Å². The Balaban J connectivity index is 1.58. The third-order valence-electron chi connectivity index (χ3n) is 5.79. The molecule has 0 radical (unpaired) electrons. The molecule has 5 aromatic rings. The number of aryl methyl sites for hydroxylation is 2. The van der Waals surface area contributed by atoms with Crippen molar-refractivity contribution >= 4 is 44.9 Å². The van der Waals surface area contributed by atoms with Gasteiger partial charge in [-0.3, -0.25) is 0 Å². The summed E-state index contributed by atoms with van der Waals surface area (Å²) in [5.41, 5.74) is 4.14. The minimum absolute atomic E-state index is 0.369. The van der Waals surface area contributed by atoms with Crippen molar-refractivity contribution in [2.24, 2.45) is 0 Å². The van der Waals surface area contributed by atoms with Gasteiger partial charge in [-0.25, -0.2) is 0 Å². The second-order valence-electron chi connectivity index (χ2n) is 8.22. The van der Waals surface area contributed by atoms with Gasteiger partial charge in [0, 0.05) is 0 Å². The molecule has 0 atom stereocenters. The fourth-order valence-electron chi connectivity index (χ4n) is 4.27. The molecule has 171 valence electrons. The standard InChI is InChI=1S/C26H20Cl2N2O2.Ag/c1-16-9-17(2)24-22(10-16)21(12-23(31)32-24)14-30-15-29(25(27)26(30)28)13-18-7-8-19-5-3-4-6-20(19)11-18;/h3-12H,13-14H2,1-2H3;. The van der Waals surface area contributed by atoms with E-state index in [4.69, 9.17) is 27.6 Å². The van der Waals surface area contributed by atoms with E-state index in [1.165, 1.54) is 16.8 Å². The molecule has 0 fully saturated rings. The Morgan fingerprint density at radius 1 is 0.879 bits per heavy atom. The van der Waals surface area contributed by atoms with E-state index in [0.29, 0.717) is 32.6 Å². The van der Waals surface area contributed by atoms with Crippen LogP contribution in [-0.4, -0.2) is 9.13 Å². The monoisotopic (exact) mass is 569 g/mol. The quantitative estimate of drug-likeness (QED) is 0.179. The fraction of sp³-hybridized carbons (Fsp3) is 0.154. The zero-order chi connectivity index (χ0) is 23.3. The minimum atomic E-state index is -0.390. The maximum absolute atomic E-state index is 12.3. The Hall–Kier alpha value is -2.34. The molecule has 5 rings (SSSR count). The normalized spacial score (nSPS) is 11.6. The van der Waals surface area contributed by atoms with Gasteiger partial charge < -0.3 is 0 Å². The number of hydrogen-bond donors (Lipinski definition) is 0. The average Bonchev–Trinajstić information content (AvgIpc) is 2.98. The molecule has 4 nitrogen and oxygen atoms in total. The molecule has 0 amide bonds. The van der Waals surface area contributed by atoms with E-state index in [1.807, 2.05) is 47.2 Å². The summed E-state index contributed by atoms with van der Waals surface area (Å²) in [7, 11) is 0. The molecule has 0 spiro atoms. The zero-order valence-electron chi connectivity index (χ0n) is 18.0. The van der Waals surface area contributed by atoms with Crippen LogP contribution >= 0.6 is 23.2 Å². The molecule has 2 aromatic heterocycles. The van der Waals surface area contributed by atoms with Crippen LogP contribution in [0.25, 0.3) is 21.7 Å². The summed E-state index contributed by atoms with van der Waals surface area (Å²) in [5.74, 6) is 0.